The maximum absolute atomic E-state index is 10.6. The van der Waals surface area contributed by atoms with Crippen LogP contribution in [0.5, 0.6) is 0 Å². The zero-order valence-electron chi connectivity index (χ0n) is 8.66. The summed E-state index contributed by atoms with van der Waals surface area (Å²) in [7, 11) is 2.12. The lowest BCUT2D eigenvalue weighted by molar-refractivity contribution is -0.131. The molecule has 4 nitrogen and oxygen atoms in total. The van der Waals surface area contributed by atoms with E-state index in [2.05, 4.69) is 17.3 Å². The van der Waals surface area contributed by atoms with Gasteiger partial charge in [0.25, 0.3) is 5.91 Å². The average Bonchev–Trinajstić information content (AvgIpc) is 2.17. The molecule has 1 N–H and O–H groups in total. The third kappa shape index (κ3) is 3.87. The monoisotopic (exact) mass is 198 g/mol. The molecule has 80 valence electrons. The summed E-state index contributed by atoms with van der Waals surface area (Å²) >= 11 is 0. The molecule has 4 heteroatoms. The van der Waals surface area contributed by atoms with Crippen LogP contribution in [0.15, 0.2) is 0 Å². The first kappa shape index (κ1) is 11.2. The van der Waals surface area contributed by atoms with Gasteiger partial charge in [0.1, 0.15) is 0 Å². The number of hydrogen-bond donors (Lipinski definition) is 1. The maximum Gasteiger partial charge on any atom is 0.284 e. The molecule has 1 amide bonds. The van der Waals surface area contributed by atoms with Gasteiger partial charge in [0.05, 0.1) is 0 Å². The lowest BCUT2D eigenvalue weighted by atomic mass is 9.95. The predicted octanol–water partition coefficient (Wildman–Crippen LogP) is 0.0334. The van der Waals surface area contributed by atoms with E-state index in [1.165, 1.54) is 19.4 Å². The number of nitrogens with one attached hydrogen (secondary N) is 1. The summed E-state index contributed by atoms with van der Waals surface area (Å²) in [5.74, 6) is 0.162. The number of hydrogen-bond acceptors (Lipinski definition) is 3. The zero-order valence-corrected chi connectivity index (χ0v) is 8.66. The van der Waals surface area contributed by atoms with Gasteiger partial charge in [-0.3, -0.25) is 9.59 Å². The summed E-state index contributed by atoms with van der Waals surface area (Å²) in [6.45, 7) is 2.91. The fraction of sp³-hybridized carbons (Fsp3) is 0.800. The Bertz CT molecular complexity index is 206. The molecule has 0 saturated carbocycles. The molecule has 0 aromatic carbocycles. The van der Waals surface area contributed by atoms with Crippen LogP contribution in [0.4, 0.5) is 0 Å². The van der Waals surface area contributed by atoms with Gasteiger partial charge >= 0.3 is 0 Å². The first-order chi connectivity index (χ1) is 6.72. The second-order valence-corrected chi connectivity index (χ2v) is 3.97. The van der Waals surface area contributed by atoms with Crippen LogP contribution in [0.3, 0.4) is 0 Å². The van der Waals surface area contributed by atoms with Crippen molar-refractivity contribution >= 4 is 12.2 Å². The van der Waals surface area contributed by atoms with Crippen LogP contribution in [0, 0.1) is 5.92 Å². The van der Waals surface area contributed by atoms with Crippen molar-refractivity contribution < 1.29 is 9.59 Å². The van der Waals surface area contributed by atoms with Crippen molar-refractivity contribution in [3.8, 4) is 0 Å². The molecule has 14 heavy (non-hydrogen) atoms. The summed E-state index contributed by atoms with van der Waals surface area (Å²) in [6.07, 6.45) is 3.78. The van der Waals surface area contributed by atoms with Crippen LogP contribution >= 0.6 is 0 Å². The van der Waals surface area contributed by atoms with E-state index in [1.807, 2.05) is 0 Å². The number of nitrogens with zero attached hydrogens (tertiary/aromatic N) is 1. The number of aldehydes is 1. The van der Waals surface area contributed by atoms with Gasteiger partial charge in [-0.25, -0.2) is 0 Å². The van der Waals surface area contributed by atoms with Crippen LogP contribution in [0.2, 0.25) is 0 Å². The molecule has 1 aliphatic rings. The number of carbonyl (C=O) groups excluding carboxylic acids is 2. The van der Waals surface area contributed by atoms with Crippen LogP contribution in [0.1, 0.15) is 19.3 Å². The van der Waals surface area contributed by atoms with Crippen molar-refractivity contribution in [2.75, 3.05) is 26.7 Å². The summed E-state index contributed by atoms with van der Waals surface area (Å²) < 4.78 is 0. The quantitative estimate of drug-likeness (QED) is 0.512. The summed E-state index contributed by atoms with van der Waals surface area (Å²) in [5, 5.41) is 2.57. The molecule has 1 atom stereocenters. The van der Waals surface area contributed by atoms with Crippen molar-refractivity contribution in [3.05, 3.63) is 0 Å². The van der Waals surface area contributed by atoms with Crippen molar-refractivity contribution in [1.82, 2.24) is 10.2 Å². The van der Waals surface area contributed by atoms with Gasteiger partial charge in [-0.05, 0) is 38.8 Å². The molecule has 0 aromatic rings. The Balaban J connectivity index is 2.11. The second kappa shape index (κ2) is 5.75. The van der Waals surface area contributed by atoms with E-state index in [1.54, 1.807) is 0 Å². The maximum atomic E-state index is 10.6. The Morgan fingerprint density at radius 3 is 3.07 bits per heavy atom. The molecular formula is C10H18N2O2. The molecule has 0 radical (unpaired) electrons. The van der Waals surface area contributed by atoms with E-state index >= 15 is 0 Å². The molecular weight excluding hydrogens is 180 g/mol. The first-order valence-corrected chi connectivity index (χ1v) is 5.14. The number of carbonyl (C=O) groups is 2. The SMILES string of the molecule is CN1CCCC(CCNC(=O)C=O)C1. The van der Waals surface area contributed by atoms with Crippen molar-refractivity contribution in [3.63, 3.8) is 0 Å². The Hall–Kier alpha value is -0.900. The van der Waals surface area contributed by atoms with E-state index in [4.69, 9.17) is 0 Å². The van der Waals surface area contributed by atoms with Crippen LogP contribution in [-0.2, 0) is 9.59 Å². The van der Waals surface area contributed by atoms with E-state index in [-0.39, 0.29) is 0 Å². The highest BCUT2D eigenvalue weighted by atomic mass is 16.2. The molecule has 0 bridgehead atoms. The van der Waals surface area contributed by atoms with Gasteiger partial charge in [-0.2, -0.15) is 0 Å². The molecule has 1 aliphatic heterocycles. The predicted molar refractivity (Wildman–Crippen MR) is 53.9 cm³/mol. The van der Waals surface area contributed by atoms with Crippen LogP contribution < -0.4 is 5.32 Å². The van der Waals surface area contributed by atoms with Crippen molar-refractivity contribution in [2.45, 2.75) is 19.3 Å². The van der Waals surface area contributed by atoms with Gasteiger partial charge < -0.3 is 10.2 Å². The fourth-order valence-corrected chi connectivity index (χ4v) is 1.95. The molecule has 0 aromatic heterocycles. The third-order valence-electron chi connectivity index (χ3n) is 2.68. The largest absolute Gasteiger partial charge is 0.350 e. The number of likely N-dealkylation sites (tertiary alicyclic amines) is 1. The Morgan fingerprint density at radius 2 is 2.43 bits per heavy atom. The van der Waals surface area contributed by atoms with Gasteiger partial charge in [-0.1, -0.05) is 0 Å². The van der Waals surface area contributed by atoms with Gasteiger partial charge in [0.15, 0.2) is 0 Å². The standard InChI is InChI=1S/C10H18N2O2/c1-12-6-2-3-9(7-12)4-5-11-10(14)8-13/h8-9H,2-7H2,1H3,(H,11,14). The molecule has 1 unspecified atom stereocenters. The number of amides is 1. The highest BCUT2D eigenvalue weighted by Crippen LogP contribution is 2.17. The first-order valence-electron chi connectivity index (χ1n) is 5.14. The van der Waals surface area contributed by atoms with Crippen molar-refractivity contribution in [2.24, 2.45) is 5.92 Å². The van der Waals surface area contributed by atoms with Gasteiger partial charge in [-0.15, -0.1) is 0 Å². The normalized spacial score (nSPS) is 23.1. The molecule has 0 spiro atoms. The average molecular weight is 198 g/mol. The summed E-state index contributed by atoms with van der Waals surface area (Å²) in [5.41, 5.74) is 0. The van der Waals surface area contributed by atoms with E-state index in [0.29, 0.717) is 18.7 Å². The van der Waals surface area contributed by atoms with Gasteiger partial charge in [0, 0.05) is 13.1 Å². The van der Waals surface area contributed by atoms with Crippen LogP contribution in [-0.4, -0.2) is 43.8 Å². The lowest BCUT2D eigenvalue weighted by Crippen LogP contribution is -2.34. The van der Waals surface area contributed by atoms with E-state index < -0.39 is 5.91 Å². The Labute approximate surface area is 84.7 Å². The summed E-state index contributed by atoms with van der Waals surface area (Å²) in [6, 6.07) is 0. The minimum Gasteiger partial charge on any atom is -0.350 e. The second-order valence-electron chi connectivity index (χ2n) is 3.97. The molecule has 1 saturated heterocycles. The topological polar surface area (TPSA) is 49.4 Å². The molecule has 1 fully saturated rings. The number of rotatable bonds is 4. The molecule has 0 aliphatic carbocycles. The molecule has 1 rings (SSSR count). The van der Waals surface area contributed by atoms with Crippen LogP contribution in [0.25, 0.3) is 0 Å². The third-order valence-corrected chi connectivity index (χ3v) is 2.68. The lowest BCUT2D eigenvalue weighted by Gasteiger charge is -2.29. The highest BCUT2D eigenvalue weighted by molar-refractivity contribution is 6.23. The highest BCUT2D eigenvalue weighted by Gasteiger charge is 2.16. The Kier molecular flexibility index (Phi) is 4.59. The van der Waals surface area contributed by atoms with E-state index in [0.717, 1.165) is 13.0 Å². The smallest absolute Gasteiger partial charge is 0.284 e. The zero-order chi connectivity index (χ0) is 10.4. The van der Waals surface area contributed by atoms with Crippen molar-refractivity contribution in [1.29, 1.82) is 0 Å². The minimum absolute atomic E-state index is 0.326. The fourth-order valence-electron chi connectivity index (χ4n) is 1.95. The minimum atomic E-state index is -0.505. The summed E-state index contributed by atoms with van der Waals surface area (Å²) in [4.78, 5) is 23.0. The van der Waals surface area contributed by atoms with E-state index in [9.17, 15) is 9.59 Å². The molecule has 1 heterocycles. The number of piperidine rings is 1. The Morgan fingerprint density at radius 1 is 1.64 bits per heavy atom. The van der Waals surface area contributed by atoms with Gasteiger partial charge in [0.2, 0.25) is 6.29 Å².